The average molecular weight is 353 g/mol. The van der Waals surface area contributed by atoms with E-state index in [0.717, 1.165) is 36.3 Å². The molecule has 0 aliphatic heterocycles. The van der Waals surface area contributed by atoms with Crippen LogP contribution in [0.2, 0.25) is 0 Å². The van der Waals surface area contributed by atoms with Gasteiger partial charge in [-0.2, -0.15) is 0 Å². The molecule has 3 rings (SSSR count). The molecule has 1 aliphatic carbocycles. The van der Waals surface area contributed by atoms with Gasteiger partial charge in [-0.3, -0.25) is 10.2 Å². The molecule has 0 saturated carbocycles. The molecule has 0 amide bonds. The first kappa shape index (κ1) is 17.8. The first-order valence-corrected chi connectivity index (χ1v) is 8.66. The fourth-order valence-corrected chi connectivity index (χ4v) is 3.35. The molecule has 0 bridgehead atoms. The minimum atomic E-state index is -0.722. The fraction of sp³-hybridized carbons (Fsp3) is 0.300. The van der Waals surface area contributed by atoms with Crippen molar-refractivity contribution in [3.8, 4) is 5.75 Å². The zero-order valence-electron chi connectivity index (χ0n) is 14.5. The molecule has 1 aliphatic rings. The summed E-state index contributed by atoms with van der Waals surface area (Å²) in [5.74, 6) is 0.132. The summed E-state index contributed by atoms with van der Waals surface area (Å²) in [6.45, 7) is 0.455. The SMILES string of the molecule is N=C(N)Nc1ccc(OCc2ccc3c(c2)CC(CC(=O)O)CC3)cc1. The first-order chi connectivity index (χ1) is 12.5. The Morgan fingerprint density at radius 3 is 2.69 bits per heavy atom. The second-order valence-electron chi connectivity index (χ2n) is 6.66. The van der Waals surface area contributed by atoms with Crippen molar-refractivity contribution in [1.82, 2.24) is 0 Å². The molecule has 2 aromatic carbocycles. The van der Waals surface area contributed by atoms with Crippen molar-refractivity contribution in [3.63, 3.8) is 0 Å². The summed E-state index contributed by atoms with van der Waals surface area (Å²) in [4.78, 5) is 10.9. The predicted molar refractivity (Wildman–Crippen MR) is 101 cm³/mol. The normalized spacial score (nSPS) is 15.8. The number of benzene rings is 2. The summed E-state index contributed by atoms with van der Waals surface area (Å²) in [5, 5.41) is 18.9. The van der Waals surface area contributed by atoms with Gasteiger partial charge in [0.1, 0.15) is 12.4 Å². The standard InChI is InChI=1S/C20H23N3O3/c21-20(22)23-17-5-7-18(8-6-17)26-12-14-2-4-15-3-1-13(11-19(24)25)9-16(15)10-14/h2,4-8,10,13H,1,3,9,11-12H2,(H,24,25)(H4,21,22,23). The lowest BCUT2D eigenvalue weighted by molar-refractivity contribution is -0.138. The number of carboxylic acids is 1. The maximum absolute atomic E-state index is 10.9. The number of anilines is 1. The number of nitrogens with two attached hydrogens (primary N) is 1. The van der Waals surface area contributed by atoms with Crippen LogP contribution in [0.4, 0.5) is 5.69 Å². The average Bonchev–Trinajstić information content (AvgIpc) is 2.60. The van der Waals surface area contributed by atoms with Crippen molar-refractivity contribution in [2.24, 2.45) is 11.7 Å². The summed E-state index contributed by atoms with van der Waals surface area (Å²) in [7, 11) is 0. The smallest absolute Gasteiger partial charge is 0.303 e. The lowest BCUT2D eigenvalue weighted by Gasteiger charge is -2.24. The molecule has 6 nitrogen and oxygen atoms in total. The van der Waals surface area contributed by atoms with E-state index in [1.165, 1.54) is 11.1 Å². The number of nitrogens with one attached hydrogen (secondary N) is 2. The Labute approximate surface area is 152 Å². The van der Waals surface area contributed by atoms with Gasteiger partial charge in [-0.05, 0) is 66.1 Å². The molecule has 0 heterocycles. The highest BCUT2D eigenvalue weighted by Gasteiger charge is 2.21. The number of carboxylic acid groups (broad SMARTS) is 1. The topological polar surface area (TPSA) is 108 Å². The van der Waals surface area contributed by atoms with Gasteiger partial charge in [0.25, 0.3) is 0 Å². The number of aryl methyl sites for hydroxylation is 1. The van der Waals surface area contributed by atoms with E-state index in [1.54, 1.807) is 12.1 Å². The maximum Gasteiger partial charge on any atom is 0.303 e. The highest BCUT2D eigenvalue weighted by Crippen LogP contribution is 2.28. The molecule has 0 radical (unpaired) electrons. The quantitative estimate of drug-likeness (QED) is 0.471. The van der Waals surface area contributed by atoms with E-state index in [2.05, 4.69) is 23.5 Å². The molecular weight excluding hydrogens is 330 g/mol. The third kappa shape index (κ3) is 4.75. The second kappa shape index (κ2) is 7.91. The van der Waals surface area contributed by atoms with Gasteiger partial charge in [0.05, 0.1) is 0 Å². The Morgan fingerprint density at radius 2 is 2.00 bits per heavy atom. The van der Waals surface area contributed by atoms with E-state index < -0.39 is 5.97 Å². The first-order valence-electron chi connectivity index (χ1n) is 8.66. The third-order valence-corrected chi connectivity index (χ3v) is 4.60. The van der Waals surface area contributed by atoms with Crippen molar-refractivity contribution in [2.75, 3.05) is 5.32 Å². The summed E-state index contributed by atoms with van der Waals surface area (Å²) in [6.07, 6.45) is 2.94. The van der Waals surface area contributed by atoms with E-state index in [1.807, 2.05) is 12.1 Å². The van der Waals surface area contributed by atoms with Crippen LogP contribution in [0.3, 0.4) is 0 Å². The van der Waals surface area contributed by atoms with Crippen molar-refractivity contribution in [2.45, 2.75) is 32.3 Å². The Bertz CT molecular complexity index is 802. The zero-order chi connectivity index (χ0) is 18.5. The highest BCUT2D eigenvalue weighted by atomic mass is 16.5. The molecule has 6 heteroatoms. The molecule has 1 atom stereocenters. The molecule has 0 spiro atoms. The zero-order valence-corrected chi connectivity index (χ0v) is 14.5. The summed E-state index contributed by atoms with van der Waals surface area (Å²) < 4.78 is 5.83. The molecule has 1 unspecified atom stereocenters. The van der Waals surface area contributed by atoms with E-state index in [4.69, 9.17) is 21.0 Å². The number of hydrogen-bond donors (Lipinski definition) is 4. The number of ether oxygens (including phenoxy) is 1. The third-order valence-electron chi connectivity index (χ3n) is 4.60. The van der Waals surface area contributed by atoms with Crippen molar-refractivity contribution >= 4 is 17.6 Å². The molecule has 0 fully saturated rings. The summed E-state index contributed by atoms with van der Waals surface area (Å²) in [6, 6.07) is 13.6. The van der Waals surface area contributed by atoms with Gasteiger partial charge in [-0.1, -0.05) is 18.2 Å². The van der Waals surface area contributed by atoms with Crippen LogP contribution in [-0.2, 0) is 24.2 Å². The Hall–Kier alpha value is -3.02. The van der Waals surface area contributed by atoms with Crippen LogP contribution in [-0.4, -0.2) is 17.0 Å². The van der Waals surface area contributed by atoms with Crippen LogP contribution in [0, 0.1) is 11.3 Å². The van der Waals surface area contributed by atoms with Gasteiger partial charge in [0, 0.05) is 12.1 Å². The number of aliphatic carboxylic acids is 1. The fourth-order valence-electron chi connectivity index (χ4n) is 3.35. The van der Waals surface area contributed by atoms with Gasteiger partial charge >= 0.3 is 5.97 Å². The van der Waals surface area contributed by atoms with Gasteiger partial charge in [0.15, 0.2) is 5.96 Å². The minimum absolute atomic E-state index is 0.103. The van der Waals surface area contributed by atoms with Crippen LogP contribution >= 0.6 is 0 Å². The molecule has 136 valence electrons. The molecule has 26 heavy (non-hydrogen) atoms. The predicted octanol–water partition coefficient (Wildman–Crippen LogP) is 3.15. The Kier molecular flexibility index (Phi) is 5.41. The van der Waals surface area contributed by atoms with Gasteiger partial charge < -0.3 is 20.9 Å². The monoisotopic (exact) mass is 353 g/mol. The molecule has 0 saturated heterocycles. The second-order valence-corrected chi connectivity index (χ2v) is 6.66. The summed E-state index contributed by atoms with van der Waals surface area (Å²) in [5.41, 5.74) is 9.67. The Morgan fingerprint density at radius 1 is 1.23 bits per heavy atom. The van der Waals surface area contributed by atoms with E-state index in [0.29, 0.717) is 6.61 Å². The lowest BCUT2D eigenvalue weighted by atomic mass is 9.81. The largest absolute Gasteiger partial charge is 0.489 e. The Balaban J connectivity index is 1.60. The van der Waals surface area contributed by atoms with Crippen LogP contribution in [0.5, 0.6) is 5.75 Å². The van der Waals surface area contributed by atoms with Crippen LogP contribution < -0.4 is 15.8 Å². The van der Waals surface area contributed by atoms with E-state index in [9.17, 15) is 4.79 Å². The molecule has 5 N–H and O–H groups in total. The van der Waals surface area contributed by atoms with Crippen molar-refractivity contribution in [3.05, 3.63) is 59.2 Å². The van der Waals surface area contributed by atoms with Gasteiger partial charge in [-0.15, -0.1) is 0 Å². The van der Waals surface area contributed by atoms with E-state index in [-0.39, 0.29) is 18.3 Å². The van der Waals surface area contributed by atoms with Crippen LogP contribution in [0.25, 0.3) is 0 Å². The van der Waals surface area contributed by atoms with Gasteiger partial charge in [-0.25, -0.2) is 0 Å². The number of carbonyl (C=O) groups is 1. The highest BCUT2D eigenvalue weighted by molar-refractivity contribution is 5.89. The van der Waals surface area contributed by atoms with Crippen molar-refractivity contribution in [1.29, 1.82) is 5.41 Å². The number of guanidine groups is 1. The number of rotatable bonds is 6. The van der Waals surface area contributed by atoms with Crippen LogP contribution in [0.15, 0.2) is 42.5 Å². The van der Waals surface area contributed by atoms with Gasteiger partial charge in [0.2, 0.25) is 0 Å². The van der Waals surface area contributed by atoms with Crippen LogP contribution in [0.1, 0.15) is 29.5 Å². The molecule has 2 aromatic rings. The minimum Gasteiger partial charge on any atom is -0.489 e. The van der Waals surface area contributed by atoms with Crippen molar-refractivity contribution < 1.29 is 14.6 Å². The number of hydrogen-bond acceptors (Lipinski definition) is 3. The maximum atomic E-state index is 10.9. The molecular formula is C20H23N3O3. The lowest BCUT2D eigenvalue weighted by Crippen LogP contribution is -2.20. The molecule has 0 aromatic heterocycles. The number of fused-ring (bicyclic) bond motifs is 1. The van der Waals surface area contributed by atoms with E-state index >= 15 is 0 Å². The summed E-state index contributed by atoms with van der Waals surface area (Å²) >= 11 is 0.